The molecule has 0 saturated heterocycles. The first-order valence-corrected chi connectivity index (χ1v) is 7.58. The Balaban J connectivity index is 2.09. The van der Waals surface area contributed by atoms with Crippen molar-refractivity contribution in [1.82, 2.24) is 13.9 Å². The first kappa shape index (κ1) is 13.8. The summed E-state index contributed by atoms with van der Waals surface area (Å²) >= 11 is 0. The van der Waals surface area contributed by atoms with Gasteiger partial charge in [0.1, 0.15) is 0 Å². The van der Waals surface area contributed by atoms with Gasteiger partial charge in [0.2, 0.25) is 16.0 Å². The van der Waals surface area contributed by atoms with Crippen molar-refractivity contribution in [3.63, 3.8) is 0 Å². The lowest BCUT2D eigenvalue weighted by Gasteiger charge is -2.11. The van der Waals surface area contributed by atoms with E-state index in [0.717, 1.165) is 11.0 Å². The number of anilines is 1. The van der Waals surface area contributed by atoms with E-state index in [1.165, 1.54) is 18.4 Å². The van der Waals surface area contributed by atoms with Crippen molar-refractivity contribution in [2.75, 3.05) is 31.7 Å². The molecule has 1 aromatic heterocycles. The van der Waals surface area contributed by atoms with Gasteiger partial charge in [-0.25, -0.2) is 17.7 Å². The first-order valence-electron chi connectivity index (χ1n) is 5.97. The molecule has 6 nitrogen and oxygen atoms in total. The zero-order valence-electron chi connectivity index (χ0n) is 11.3. The predicted octanol–water partition coefficient (Wildman–Crippen LogP) is 0.877. The van der Waals surface area contributed by atoms with Gasteiger partial charge in [0.15, 0.2) is 0 Å². The van der Waals surface area contributed by atoms with Gasteiger partial charge in [-0.3, -0.25) is 0 Å². The van der Waals surface area contributed by atoms with Crippen molar-refractivity contribution in [3.8, 4) is 0 Å². The summed E-state index contributed by atoms with van der Waals surface area (Å²) < 4.78 is 26.4. The van der Waals surface area contributed by atoms with E-state index >= 15 is 0 Å². The molecule has 0 saturated carbocycles. The summed E-state index contributed by atoms with van der Waals surface area (Å²) in [4.78, 5) is 4.42. The number of nitrogens with one attached hydrogen (secondary N) is 1. The second-order valence-corrected chi connectivity index (χ2v) is 6.81. The molecular formula is C12H18N4O2S. The number of hydrogen-bond donors (Lipinski definition) is 1. The average Bonchev–Trinajstić information content (AvgIpc) is 2.67. The van der Waals surface area contributed by atoms with Crippen LogP contribution in [0.25, 0.3) is 11.0 Å². The Bertz CT molecular complexity index is 676. The standard InChI is InChI=1S/C12H18N4O2S/c1-15(2)19(17,18)9-8-13-12-14-10-6-4-5-7-11(10)16(12)3/h4-7H,8-9H2,1-3H3,(H,13,14). The Kier molecular flexibility index (Phi) is 3.77. The van der Waals surface area contributed by atoms with Crippen LogP contribution in [-0.4, -0.2) is 48.7 Å². The highest BCUT2D eigenvalue weighted by molar-refractivity contribution is 7.89. The van der Waals surface area contributed by atoms with Crippen LogP contribution < -0.4 is 5.32 Å². The number of imidazole rings is 1. The number of para-hydroxylation sites is 2. The molecule has 0 aliphatic rings. The molecule has 1 heterocycles. The van der Waals surface area contributed by atoms with Gasteiger partial charge in [-0.2, -0.15) is 0 Å². The highest BCUT2D eigenvalue weighted by Crippen LogP contribution is 2.17. The molecule has 2 aromatic rings. The normalized spacial score (nSPS) is 12.2. The topological polar surface area (TPSA) is 67.2 Å². The molecule has 0 aliphatic carbocycles. The summed E-state index contributed by atoms with van der Waals surface area (Å²) in [6.45, 7) is 0.331. The Morgan fingerprint density at radius 2 is 2.00 bits per heavy atom. The fraction of sp³-hybridized carbons (Fsp3) is 0.417. The van der Waals surface area contributed by atoms with Crippen molar-refractivity contribution < 1.29 is 8.42 Å². The van der Waals surface area contributed by atoms with E-state index in [-0.39, 0.29) is 5.75 Å². The van der Waals surface area contributed by atoms with Gasteiger partial charge in [0.25, 0.3) is 0 Å². The van der Waals surface area contributed by atoms with E-state index in [4.69, 9.17) is 0 Å². The number of hydrogen-bond acceptors (Lipinski definition) is 4. The van der Waals surface area contributed by atoms with Crippen LogP contribution in [0.4, 0.5) is 5.95 Å². The monoisotopic (exact) mass is 282 g/mol. The molecule has 0 fully saturated rings. The van der Waals surface area contributed by atoms with Crippen molar-refractivity contribution in [2.24, 2.45) is 7.05 Å². The zero-order valence-corrected chi connectivity index (χ0v) is 12.1. The maximum Gasteiger partial charge on any atom is 0.215 e. The molecule has 104 valence electrons. The van der Waals surface area contributed by atoms with Crippen LogP contribution in [0.5, 0.6) is 0 Å². The molecule has 1 N–H and O–H groups in total. The van der Waals surface area contributed by atoms with Gasteiger partial charge in [-0.15, -0.1) is 0 Å². The van der Waals surface area contributed by atoms with Gasteiger partial charge in [0.05, 0.1) is 16.8 Å². The minimum absolute atomic E-state index is 0.0448. The summed E-state index contributed by atoms with van der Waals surface area (Å²) in [5.41, 5.74) is 1.91. The van der Waals surface area contributed by atoms with Crippen LogP contribution in [-0.2, 0) is 17.1 Å². The van der Waals surface area contributed by atoms with Crippen molar-refractivity contribution in [3.05, 3.63) is 24.3 Å². The SMILES string of the molecule is CN(C)S(=O)(=O)CCNc1nc2ccccc2n1C. The van der Waals surface area contributed by atoms with E-state index in [0.29, 0.717) is 12.5 Å². The predicted molar refractivity (Wildman–Crippen MR) is 76.7 cm³/mol. The van der Waals surface area contributed by atoms with E-state index in [1.807, 2.05) is 35.9 Å². The van der Waals surface area contributed by atoms with Gasteiger partial charge in [-0.1, -0.05) is 12.1 Å². The van der Waals surface area contributed by atoms with Crippen molar-refractivity contribution in [2.45, 2.75) is 0 Å². The third-order valence-electron chi connectivity index (χ3n) is 2.99. The number of rotatable bonds is 5. The lowest BCUT2D eigenvalue weighted by molar-refractivity contribution is 0.521. The smallest absolute Gasteiger partial charge is 0.215 e. The summed E-state index contributed by atoms with van der Waals surface area (Å²) in [5.74, 6) is 0.721. The van der Waals surface area contributed by atoms with Gasteiger partial charge < -0.3 is 9.88 Å². The molecule has 0 atom stereocenters. The third-order valence-corrected chi connectivity index (χ3v) is 4.82. The highest BCUT2D eigenvalue weighted by Gasteiger charge is 2.13. The van der Waals surface area contributed by atoms with E-state index in [1.54, 1.807) is 0 Å². The molecule has 0 bridgehead atoms. The van der Waals surface area contributed by atoms with Crippen LogP contribution in [0.1, 0.15) is 0 Å². The quantitative estimate of drug-likeness (QED) is 0.884. The van der Waals surface area contributed by atoms with E-state index < -0.39 is 10.0 Å². The average molecular weight is 282 g/mol. The summed E-state index contributed by atoms with van der Waals surface area (Å²) in [6.07, 6.45) is 0. The Hall–Kier alpha value is -1.60. The molecule has 2 rings (SSSR count). The molecule has 1 aromatic carbocycles. The van der Waals surface area contributed by atoms with Crippen LogP contribution in [0.2, 0.25) is 0 Å². The Labute approximate surface area is 113 Å². The molecule has 19 heavy (non-hydrogen) atoms. The number of benzene rings is 1. The fourth-order valence-corrected chi connectivity index (χ4v) is 2.50. The van der Waals surface area contributed by atoms with Crippen LogP contribution in [0.3, 0.4) is 0 Å². The van der Waals surface area contributed by atoms with Gasteiger partial charge in [-0.05, 0) is 12.1 Å². The number of fused-ring (bicyclic) bond motifs is 1. The van der Waals surface area contributed by atoms with E-state index in [9.17, 15) is 8.42 Å². The van der Waals surface area contributed by atoms with Crippen LogP contribution in [0, 0.1) is 0 Å². The Morgan fingerprint density at radius 1 is 1.32 bits per heavy atom. The maximum atomic E-state index is 11.6. The minimum Gasteiger partial charge on any atom is -0.355 e. The molecule has 7 heteroatoms. The molecule has 0 amide bonds. The number of nitrogens with zero attached hydrogens (tertiary/aromatic N) is 3. The number of aromatic nitrogens is 2. The largest absolute Gasteiger partial charge is 0.355 e. The van der Waals surface area contributed by atoms with Crippen LogP contribution in [0.15, 0.2) is 24.3 Å². The molecule has 0 spiro atoms. The maximum absolute atomic E-state index is 11.6. The van der Waals surface area contributed by atoms with Crippen LogP contribution >= 0.6 is 0 Å². The zero-order chi connectivity index (χ0) is 14.0. The van der Waals surface area contributed by atoms with Crippen molar-refractivity contribution in [1.29, 1.82) is 0 Å². The summed E-state index contributed by atoms with van der Waals surface area (Å²) in [7, 11) is 1.79. The van der Waals surface area contributed by atoms with Gasteiger partial charge in [0, 0.05) is 27.7 Å². The first-order chi connectivity index (χ1) is 8.92. The third kappa shape index (κ3) is 2.87. The second kappa shape index (κ2) is 5.18. The number of aryl methyl sites for hydroxylation is 1. The fourth-order valence-electron chi connectivity index (χ4n) is 1.78. The summed E-state index contributed by atoms with van der Waals surface area (Å²) in [6, 6.07) is 7.78. The minimum atomic E-state index is -3.18. The lowest BCUT2D eigenvalue weighted by Crippen LogP contribution is -2.28. The van der Waals surface area contributed by atoms with Crippen molar-refractivity contribution >= 4 is 27.0 Å². The number of sulfonamides is 1. The summed E-state index contributed by atoms with van der Waals surface area (Å²) in [5, 5.41) is 3.06. The molecule has 0 radical (unpaired) electrons. The molecule has 0 aliphatic heterocycles. The lowest BCUT2D eigenvalue weighted by atomic mass is 10.3. The van der Waals surface area contributed by atoms with E-state index in [2.05, 4.69) is 10.3 Å². The van der Waals surface area contributed by atoms with Gasteiger partial charge >= 0.3 is 0 Å². The Morgan fingerprint density at radius 3 is 2.63 bits per heavy atom. The molecule has 0 unspecified atom stereocenters. The molecular weight excluding hydrogens is 264 g/mol. The second-order valence-electron chi connectivity index (χ2n) is 4.51. The highest BCUT2D eigenvalue weighted by atomic mass is 32.2.